The lowest BCUT2D eigenvalue weighted by atomic mass is 9.68. The third-order valence-electron chi connectivity index (χ3n) is 8.21. The monoisotopic (exact) mass is 551 g/mol. The van der Waals surface area contributed by atoms with Gasteiger partial charge >= 0.3 is 0 Å². The van der Waals surface area contributed by atoms with Gasteiger partial charge in [0, 0.05) is 17.5 Å². The summed E-state index contributed by atoms with van der Waals surface area (Å²) in [6, 6.07) is 25.9. The summed E-state index contributed by atoms with van der Waals surface area (Å²) in [6.45, 7) is 0.511. The van der Waals surface area contributed by atoms with Gasteiger partial charge in [-0.05, 0) is 48.9 Å². The van der Waals surface area contributed by atoms with E-state index in [0.717, 1.165) is 54.5 Å². The predicted molar refractivity (Wildman–Crippen MR) is 160 cm³/mol. The Labute approximate surface area is 238 Å². The number of aromatic nitrogens is 2. The number of benzene rings is 3. The number of rotatable bonds is 8. The Kier molecular flexibility index (Phi) is 7.48. The molecule has 0 saturated heterocycles. The fourth-order valence-electron chi connectivity index (χ4n) is 6.30. The normalized spacial score (nSPS) is 14.9. The number of amides is 1. The van der Waals surface area contributed by atoms with Gasteiger partial charge in [-0.15, -0.1) is 0 Å². The summed E-state index contributed by atoms with van der Waals surface area (Å²) < 4.78 is 7.20. The molecule has 1 heterocycles. The zero-order chi connectivity index (χ0) is 27.5. The molecule has 0 atom stereocenters. The molecule has 0 unspecified atom stereocenters. The number of fused-ring (bicyclic) bond motifs is 4. The summed E-state index contributed by atoms with van der Waals surface area (Å²) in [7, 11) is 1.58. The van der Waals surface area contributed by atoms with Gasteiger partial charge in [0.25, 0.3) is 5.56 Å². The van der Waals surface area contributed by atoms with Crippen molar-refractivity contribution in [2.24, 2.45) is 0 Å². The molecule has 204 valence electrons. The molecule has 40 heavy (non-hydrogen) atoms. The lowest BCUT2D eigenvalue weighted by molar-refractivity contribution is -0.113. The van der Waals surface area contributed by atoms with E-state index in [1.54, 1.807) is 7.11 Å². The van der Waals surface area contributed by atoms with E-state index in [-0.39, 0.29) is 22.6 Å². The first-order valence-electron chi connectivity index (χ1n) is 13.9. The van der Waals surface area contributed by atoms with E-state index in [1.807, 2.05) is 53.1 Å². The van der Waals surface area contributed by atoms with Crippen LogP contribution in [-0.4, -0.2) is 28.3 Å². The minimum atomic E-state index is -0.177. The van der Waals surface area contributed by atoms with Crippen LogP contribution in [0.1, 0.15) is 42.4 Å². The van der Waals surface area contributed by atoms with Gasteiger partial charge in [-0.3, -0.25) is 14.2 Å². The number of hydrogen-bond donors (Lipinski definition) is 1. The van der Waals surface area contributed by atoms with Crippen LogP contribution in [-0.2, 0) is 29.6 Å². The van der Waals surface area contributed by atoms with Crippen LogP contribution in [0.15, 0.2) is 88.8 Å². The van der Waals surface area contributed by atoms with E-state index in [0.29, 0.717) is 29.6 Å². The zero-order valence-electron chi connectivity index (χ0n) is 22.7. The van der Waals surface area contributed by atoms with Gasteiger partial charge in [0.1, 0.15) is 5.75 Å². The lowest BCUT2D eigenvalue weighted by Gasteiger charge is -2.36. The summed E-state index contributed by atoms with van der Waals surface area (Å²) in [5.74, 6) is 0.552. The van der Waals surface area contributed by atoms with Crippen LogP contribution in [0.2, 0.25) is 0 Å². The smallest absolute Gasteiger partial charge is 0.258 e. The summed E-state index contributed by atoms with van der Waals surface area (Å²) in [5.41, 5.74) is 5.65. The molecule has 7 heteroatoms. The van der Waals surface area contributed by atoms with E-state index in [2.05, 4.69) is 35.6 Å². The largest absolute Gasteiger partial charge is 0.495 e. The molecule has 6 rings (SSSR count). The fourth-order valence-corrected chi connectivity index (χ4v) is 7.12. The summed E-state index contributed by atoms with van der Waals surface area (Å²) in [5, 5.41) is 3.52. The second kappa shape index (κ2) is 11.3. The molecular formula is C33H33N3O3S. The van der Waals surface area contributed by atoms with Crippen molar-refractivity contribution in [3.63, 3.8) is 0 Å². The number of carbonyl (C=O) groups is 1. The molecule has 6 nitrogen and oxygen atoms in total. The third-order valence-corrected chi connectivity index (χ3v) is 9.18. The fraction of sp³-hybridized carbons (Fsp3) is 0.303. The van der Waals surface area contributed by atoms with Crippen LogP contribution in [0, 0.1) is 0 Å². The molecule has 2 aliphatic carbocycles. The molecule has 1 amide bonds. The number of nitrogens with one attached hydrogen (secondary N) is 1. The highest BCUT2D eigenvalue weighted by Crippen LogP contribution is 2.50. The molecule has 2 aliphatic rings. The van der Waals surface area contributed by atoms with E-state index >= 15 is 0 Å². The van der Waals surface area contributed by atoms with Crippen LogP contribution in [0.5, 0.6) is 5.75 Å². The van der Waals surface area contributed by atoms with Gasteiger partial charge < -0.3 is 10.1 Å². The SMILES string of the molecule is COc1ccccc1NC(=O)CSc1nc2c(c(=O)n1CCc1ccccc1)C1(CCCC1)Cc1ccccc1-2. The van der Waals surface area contributed by atoms with Gasteiger partial charge in [0.15, 0.2) is 5.16 Å². The van der Waals surface area contributed by atoms with Crippen LogP contribution < -0.4 is 15.6 Å². The highest BCUT2D eigenvalue weighted by molar-refractivity contribution is 7.99. The Bertz CT molecular complexity index is 1590. The first kappa shape index (κ1) is 26.4. The van der Waals surface area contributed by atoms with Crippen LogP contribution in [0.4, 0.5) is 5.69 Å². The molecule has 0 aliphatic heterocycles. The van der Waals surface area contributed by atoms with Gasteiger partial charge in [0.2, 0.25) is 5.91 Å². The Hall–Kier alpha value is -3.84. The second-order valence-corrected chi connectivity index (χ2v) is 11.6. The molecule has 1 N–H and O–H groups in total. The highest BCUT2D eigenvalue weighted by Gasteiger charge is 2.44. The first-order chi connectivity index (χ1) is 19.6. The maximum Gasteiger partial charge on any atom is 0.258 e. The van der Waals surface area contributed by atoms with Crippen LogP contribution in [0.25, 0.3) is 11.3 Å². The topological polar surface area (TPSA) is 73.2 Å². The number of thioether (sulfide) groups is 1. The van der Waals surface area contributed by atoms with Gasteiger partial charge in [0.05, 0.1) is 29.8 Å². The molecule has 1 fully saturated rings. The molecule has 0 bridgehead atoms. The van der Waals surface area contributed by atoms with Crippen molar-refractivity contribution in [1.82, 2.24) is 9.55 Å². The Morgan fingerprint density at radius 1 is 1.00 bits per heavy atom. The number of methoxy groups -OCH3 is 1. The molecule has 3 aromatic carbocycles. The van der Waals surface area contributed by atoms with Crippen LogP contribution in [0.3, 0.4) is 0 Å². The van der Waals surface area contributed by atoms with Crippen molar-refractivity contribution in [1.29, 1.82) is 0 Å². The van der Waals surface area contributed by atoms with Gasteiger partial charge in [-0.2, -0.15) is 0 Å². The van der Waals surface area contributed by atoms with Crippen molar-refractivity contribution in [2.75, 3.05) is 18.2 Å². The van der Waals surface area contributed by atoms with Crippen molar-refractivity contribution in [2.45, 2.75) is 55.6 Å². The molecule has 0 radical (unpaired) electrons. The maximum atomic E-state index is 14.4. The predicted octanol–water partition coefficient (Wildman–Crippen LogP) is 6.26. The van der Waals surface area contributed by atoms with Gasteiger partial charge in [-0.1, -0.05) is 91.3 Å². The van der Waals surface area contributed by atoms with Crippen molar-refractivity contribution < 1.29 is 9.53 Å². The molecule has 1 spiro atoms. The van der Waals surface area contributed by atoms with Crippen molar-refractivity contribution in [3.05, 3.63) is 106 Å². The lowest BCUT2D eigenvalue weighted by Crippen LogP contribution is -2.40. The minimum Gasteiger partial charge on any atom is -0.495 e. The molecule has 4 aromatic rings. The minimum absolute atomic E-state index is 0.0463. The third kappa shape index (κ3) is 5.06. The summed E-state index contributed by atoms with van der Waals surface area (Å²) in [6.07, 6.45) is 5.89. The molecule has 1 saturated carbocycles. The average molecular weight is 552 g/mol. The Morgan fingerprint density at radius 3 is 2.52 bits per heavy atom. The van der Waals surface area contributed by atoms with Gasteiger partial charge in [-0.25, -0.2) is 4.98 Å². The zero-order valence-corrected chi connectivity index (χ0v) is 23.5. The van der Waals surface area contributed by atoms with Crippen LogP contribution >= 0.6 is 11.8 Å². The second-order valence-electron chi connectivity index (χ2n) is 10.7. The van der Waals surface area contributed by atoms with Crippen molar-refractivity contribution in [3.8, 4) is 17.0 Å². The first-order valence-corrected chi connectivity index (χ1v) is 14.9. The number of nitrogens with zero attached hydrogens (tertiary/aromatic N) is 2. The van der Waals surface area contributed by atoms with E-state index < -0.39 is 0 Å². The molecule has 1 aromatic heterocycles. The number of hydrogen-bond acceptors (Lipinski definition) is 5. The van der Waals surface area contributed by atoms with E-state index in [1.165, 1.54) is 17.3 Å². The quantitative estimate of drug-likeness (QED) is 0.207. The van der Waals surface area contributed by atoms with E-state index in [4.69, 9.17) is 9.72 Å². The van der Waals surface area contributed by atoms with Crippen molar-refractivity contribution >= 4 is 23.4 Å². The number of carbonyl (C=O) groups excluding carboxylic acids is 1. The Balaban J connectivity index is 1.38. The number of aryl methyl sites for hydroxylation is 1. The number of anilines is 1. The summed E-state index contributed by atoms with van der Waals surface area (Å²) in [4.78, 5) is 32.6. The standard InChI is InChI=1S/C33H33N3O3S/c1-39-27-16-8-7-15-26(27)34-28(37)22-40-32-35-30-25-14-6-5-13-24(25)21-33(18-9-10-19-33)29(30)31(38)36(32)20-17-23-11-3-2-4-12-23/h2-8,11-16H,9-10,17-22H2,1H3,(H,34,37). The number of para-hydroxylation sites is 2. The number of ether oxygens (including phenoxy) is 1. The highest BCUT2D eigenvalue weighted by atomic mass is 32.2. The molecular weight excluding hydrogens is 518 g/mol. The summed E-state index contributed by atoms with van der Waals surface area (Å²) >= 11 is 1.31. The van der Waals surface area contributed by atoms with E-state index in [9.17, 15) is 9.59 Å². The Morgan fingerprint density at radius 2 is 1.73 bits per heavy atom. The average Bonchev–Trinajstić information content (AvgIpc) is 3.44. The maximum absolute atomic E-state index is 14.4.